The fourth-order valence-corrected chi connectivity index (χ4v) is 4.87. The molecule has 9 nitrogen and oxygen atoms in total. The number of nitrogens with zero attached hydrogens (tertiary/aromatic N) is 3. The Morgan fingerprint density at radius 2 is 1.92 bits per heavy atom. The zero-order valence-corrected chi connectivity index (χ0v) is 22.6. The van der Waals surface area contributed by atoms with E-state index in [1.165, 1.54) is 12.7 Å². The normalized spacial score (nSPS) is 13.2. The highest BCUT2D eigenvalue weighted by atomic mass is 16.5. The van der Waals surface area contributed by atoms with Gasteiger partial charge in [-0.15, -0.1) is 0 Å². The van der Waals surface area contributed by atoms with Crippen molar-refractivity contribution < 1.29 is 14.3 Å². The third-order valence-electron chi connectivity index (χ3n) is 6.91. The smallest absolute Gasteiger partial charge is 0.259 e. The summed E-state index contributed by atoms with van der Waals surface area (Å²) in [6, 6.07) is 18.6. The van der Waals surface area contributed by atoms with Gasteiger partial charge in [0.25, 0.3) is 11.8 Å². The van der Waals surface area contributed by atoms with Gasteiger partial charge in [-0.1, -0.05) is 24.3 Å². The first-order valence-electron chi connectivity index (χ1n) is 13.2. The number of aromatic amines is 1. The van der Waals surface area contributed by atoms with Crippen molar-refractivity contribution in [1.82, 2.24) is 14.9 Å². The van der Waals surface area contributed by atoms with Gasteiger partial charge >= 0.3 is 0 Å². The molecule has 0 saturated carbocycles. The van der Waals surface area contributed by atoms with E-state index in [0.29, 0.717) is 40.6 Å². The molecule has 4 aromatic rings. The number of methoxy groups -OCH3 is 1. The molecule has 2 amide bonds. The molecular formula is C30H34N6O3. The van der Waals surface area contributed by atoms with Crippen LogP contribution in [0.2, 0.25) is 0 Å². The Bertz CT molecular complexity index is 1500. The van der Waals surface area contributed by atoms with Crippen molar-refractivity contribution >= 4 is 40.2 Å². The third-order valence-corrected chi connectivity index (χ3v) is 6.91. The molecule has 0 aliphatic carbocycles. The van der Waals surface area contributed by atoms with Gasteiger partial charge in [0.2, 0.25) is 5.95 Å². The van der Waals surface area contributed by atoms with E-state index in [9.17, 15) is 9.59 Å². The SMILES string of the molecule is COc1cc(C(=O)N2CCCCc3ccccc32)ccc1C(=O)Nc1cccc2[nH]c(NCCN(C)C)nc12. The molecule has 0 atom stereocenters. The number of aromatic nitrogens is 2. The van der Waals surface area contributed by atoms with E-state index >= 15 is 0 Å². The van der Waals surface area contributed by atoms with Gasteiger partial charge in [-0.05, 0) is 75.3 Å². The molecule has 9 heteroatoms. The number of rotatable bonds is 8. The number of hydrogen-bond donors (Lipinski definition) is 3. The van der Waals surface area contributed by atoms with Crippen LogP contribution in [0.4, 0.5) is 17.3 Å². The number of para-hydroxylation sites is 2. The number of carbonyl (C=O) groups excluding carboxylic acids is 2. The van der Waals surface area contributed by atoms with Gasteiger partial charge in [0, 0.05) is 30.9 Å². The van der Waals surface area contributed by atoms with Gasteiger partial charge in [-0.2, -0.15) is 0 Å². The number of nitrogens with one attached hydrogen (secondary N) is 3. The maximum atomic E-state index is 13.6. The minimum atomic E-state index is -0.344. The van der Waals surface area contributed by atoms with E-state index in [0.717, 1.165) is 43.6 Å². The molecule has 3 aromatic carbocycles. The lowest BCUT2D eigenvalue weighted by Gasteiger charge is -2.23. The van der Waals surface area contributed by atoms with E-state index in [1.54, 1.807) is 18.2 Å². The molecule has 1 aliphatic rings. The Balaban J connectivity index is 1.36. The number of carbonyl (C=O) groups is 2. The summed E-state index contributed by atoms with van der Waals surface area (Å²) in [5.74, 6) is 0.527. The van der Waals surface area contributed by atoms with Crippen LogP contribution in [0.1, 0.15) is 39.1 Å². The van der Waals surface area contributed by atoms with Crippen molar-refractivity contribution in [3.63, 3.8) is 0 Å². The van der Waals surface area contributed by atoms with Crippen LogP contribution in [-0.4, -0.2) is 67.5 Å². The van der Waals surface area contributed by atoms with Crippen molar-refractivity contribution in [3.8, 4) is 5.75 Å². The van der Waals surface area contributed by atoms with E-state index in [2.05, 4.69) is 31.6 Å². The molecule has 3 N–H and O–H groups in total. The van der Waals surface area contributed by atoms with Crippen LogP contribution in [0.15, 0.2) is 60.7 Å². The van der Waals surface area contributed by atoms with Gasteiger partial charge < -0.3 is 30.2 Å². The topological polar surface area (TPSA) is 103 Å². The minimum Gasteiger partial charge on any atom is -0.496 e. The summed E-state index contributed by atoms with van der Waals surface area (Å²) < 4.78 is 5.56. The van der Waals surface area contributed by atoms with Crippen LogP contribution in [0, 0.1) is 0 Å². The first kappa shape index (κ1) is 26.2. The Kier molecular flexibility index (Phi) is 7.79. The van der Waals surface area contributed by atoms with Gasteiger partial charge in [0.1, 0.15) is 11.3 Å². The summed E-state index contributed by atoms with van der Waals surface area (Å²) >= 11 is 0. The number of anilines is 3. The van der Waals surface area contributed by atoms with Crippen LogP contribution in [0.3, 0.4) is 0 Å². The van der Waals surface area contributed by atoms with Crippen molar-refractivity contribution in [3.05, 3.63) is 77.4 Å². The molecule has 0 saturated heterocycles. The fourth-order valence-electron chi connectivity index (χ4n) is 4.87. The molecule has 1 aromatic heterocycles. The third kappa shape index (κ3) is 5.73. The summed E-state index contributed by atoms with van der Waals surface area (Å²) in [5.41, 5.74) is 4.98. The molecule has 0 radical (unpaired) electrons. The van der Waals surface area contributed by atoms with Gasteiger partial charge in [-0.3, -0.25) is 9.59 Å². The predicted molar refractivity (Wildman–Crippen MR) is 155 cm³/mol. The molecule has 1 aliphatic heterocycles. The number of likely N-dealkylation sites (N-methyl/N-ethyl adjacent to an activating group) is 1. The summed E-state index contributed by atoms with van der Waals surface area (Å²) in [6.07, 6.45) is 2.93. The maximum Gasteiger partial charge on any atom is 0.259 e. The lowest BCUT2D eigenvalue weighted by Crippen LogP contribution is -2.31. The second-order valence-corrected chi connectivity index (χ2v) is 9.93. The molecule has 202 valence electrons. The number of H-pyrrole nitrogens is 1. The lowest BCUT2D eigenvalue weighted by molar-refractivity contribution is 0.0982. The zero-order chi connectivity index (χ0) is 27.4. The first-order valence-corrected chi connectivity index (χ1v) is 13.2. The number of imidazole rings is 1. The Hall–Kier alpha value is -4.37. The van der Waals surface area contributed by atoms with E-state index in [4.69, 9.17) is 4.74 Å². The highest BCUT2D eigenvalue weighted by Gasteiger charge is 2.24. The van der Waals surface area contributed by atoms with Crippen molar-refractivity contribution in [2.24, 2.45) is 0 Å². The van der Waals surface area contributed by atoms with Crippen LogP contribution in [0.5, 0.6) is 5.75 Å². The maximum absolute atomic E-state index is 13.6. The number of hydrogen-bond acceptors (Lipinski definition) is 6. The molecule has 0 spiro atoms. The number of ether oxygens (including phenoxy) is 1. The van der Waals surface area contributed by atoms with Crippen LogP contribution < -0.4 is 20.3 Å². The van der Waals surface area contributed by atoms with E-state index in [1.807, 2.05) is 55.4 Å². The largest absolute Gasteiger partial charge is 0.496 e. The quantitative estimate of drug-likeness (QED) is 0.305. The van der Waals surface area contributed by atoms with Crippen LogP contribution in [0.25, 0.3) is 11.0 Å². The molecule has 5 rings (SSSR count). The van der Waals surface area contributed by atoms with E-state index in [-0.39, 0.29) is 11.8 Å². The van der Waals surface area contributed by atoms with Crippen LogP contribution in [-0.2, 0) is 6.42 Å². The highest BCUT2D eigenvalue weighted by molar-refractivity contribution is 6.11. The summed E-state index contributed by atoms with van der Waals surface area (Å²) in [4.78, 5) is 38.7. The molecule has 0 fully saturated rings. The average molecular weight is 527 g/mol. The number of aryl methyl sites for hydroxylation is 1. The second-order valence-electron chi connectivity index (χ2n) is 9.93. The Morgan fingerprint density at radius 1 is 1.08 bits per heavy atom. The Morgan fingerprint density at radius 3 is 2.74 bits per heavy atom. The molecule has 0 unspecified atom stereocenters. The van der Waals surface area contributed by atoms with E-state index < -0.39 is 0 Å². The standard InChI is InChI=1S/C30H34N6O3/c1-35(2)18-16-31-30-33-24-12-8-11-23(27(24)34-30)32-28(37)22-15-14-21(19-26(22)39-3)29(38)36-17-7-6-10-20-9-4-5-13-25(20)36/h4-5,8-9,11-15,19H,6-7,10,16-18H2,1-3H3,(H,32,37)(H2,31,33,34). The zero-order valence-electron chi connectivity index (χ0n) is 22.6. The summed E-state index contributed by atoms with van der Waals surface area (Å²) in [7, 11) is 5.53. The van der Waals surface area contributed by atoms with Crippen molar-refractivity contribution in [2.75, 3.05) is 56.4 Å². The number of amides is 2. The average Bonchev–Trinajstić information content (AvgIpc) is 3.24. The Labute approximate surface area is 228 Å². The van der Waals surface area contributed by atoms with Gasteiger partial charge in [0.05, 0.1) is 23.9 Å². The van der Waals surface area contributed by atoms with Crippen molar-refractivity contribution in [1.29, 1.82) is 0 Å². The van der Waals surface area contributed by atoms with Gasteiger partial charge in [0.15, 0.2) is 0 Å². The molecule has 39 heavy (non-hydrogen) atoms. The predicted octanol–water partition coefficient (Wildman–Crippen LogP) is 4.78. The van der Waals surface area contributed by atoms with Gasteiger partial charge in [-0.25, -0.2) is 4.98 Å². The first-order chi connectivity index (χ1) is 18.9. The molecule has 0 bridgehead atoms. The summed E-state index contributed by atoms with van der Waals surface area (Å²) in [6.45, 7) is 2.25. The molecular weight excluding hydrogens is 492 g/mol. The fraction of sp³-hybridized carbons (Fsp3) is 0.300. The van der Waals surface area contributed by atoms with Crippen LogP contribution >= 0.6 is 0 Å². The highest BCUT2D eigenvalue weighted by Crippen LogP contribution is 2.30. The monoisotopic (exact) mass is 526 g/mol. The second kappa shape index (κ2) is 11.6. The van der Waals surface area contributed by atoms with Crippen molar-refractivity contribution in [2.45, 2.75) is 19.3 Å². The lowest BCUT2D eigenvalue weighted by atomic mass is 10.1. The number of benzene rings is 3. The summed E-state index contributed by atoms with van der Waals surface area (Å²) in [5, 5.41) is 6.24. The minimum absolute atomic E-state index is 0.106. The number of fused-ring (bicyclic) bond motifs is 2. The molecule has 2 heterocycles.